The summed E-state index contributed by atoms with van der Waals surface area (Å²) in [5, 5.41) is 3.20. The molecule has 3 aromatic rings. The third-order valence-corrected chi connectivity index (χ3v) is 5.69. The van der Waals surface area contributed by atoms with Crippen molar-refractivity contribution in [1.29, 1.82) is 0 Å². The summed E-state index contributed by atoms with van der Waals surface area (Å²) >= 11 is -1.44. The molecule has 2 N–H and O–H groups in total. The highest BCUT2D eigenvalue weighted by Gasteiger charge is 2.23. The number of hydrogen-bond donors (Lipinski definition) is 2. The van der Waals surface area contributed by atoms with Crippen molar-refractivity contribution < 1.29 is 18.8 Å². The minimum Gasteiger partial charge on any atom is -0.609 e. The number of H-pyrrole nitrogens is 1. The molecule has 0 aliphatic heterocycles. The van der Waals surface area contributed by atoms with E-state index in [4.69, 9.17) is 9.47 Å². The largest absolute Gasteiger partial charge is 0.609 e. The van der Waals surface area contributed by atoms with Crippen molar-refractivity contribution in [3.8, 4) is 11.5 Å². The van der Waals surface area contributed by atoms with E-state index in [9.17, 15) is 9.35 Å². The number of methoxy groups -OCH3 is 2. The summed E-state index contributed by atoms with van der Waals surface area (Å²) in [5.74, 6) is 1.41. The van der Waals surface area contributed by atoms with Gasteiger partial charge in [0.15, 0.2) is 0 Å². The second kappa shape index (κ2) is 8.12. The van der Waals surface area contributed by atoms with Gasteiger partial charge in [-0.25, -0.2) is 0 Å². The van der Waals surface area contributed by atoms with Crippen molar-refractivity contribution in [1.82, 2.24) is 9.97 Å². The number of nitrogens with zero attached hydrogens (tertiary/aromatic N) is 1. The number of fused-ring (bicyclic) bond motifs is 1. The molecule has 3 rings (SSSR count). The molecule has 1 amide bonds. The summed E-state index contributed by atoms with van der Waals surface area (Å²) in [4.78, 5) is 19.2. The number of aromatic amines is 1. The number of rotatable bonds is 6. The zero-order valence-corrected chi connectivity index (χ0v) is 17.3. The van der Waals surface area contributed by atoms with Gasteiger partial charge in [0.1, 0.15) is 17.3 Å². The van der Waals surface area contributed by atoms with Gasteiger partial charge in [-0.2, -0.15) is 4.98 Å². The molecule has 0 bridgehead atoms. The SMILES string of the molecule is COc1ccc2nc([S+]([O-])Cc3c(NC(C)=O)cc(C)c(OC)c3C)[nH]c2c1. The predicted molar refractivity (Wildman–Crippen MR) is 110 cm³/mol. The molecule has 148 valence electrons. The number of aromatic nitrogens is 2. The number of amides is 1. The highest BCUT2D eigenvalue weighted by Crippen LogP contribution is 2.34. The molecule has 0 fully saturated rings. The van der Waals surface area contributed by atoms with E-state index >= 15 is 0 Å². The Morgan fingerprint density at radius 2 is 2.00 bits per heavy atom. The molecule has 0 saturated carbocycles. The van der Waals surface area contributed by atoms with E-state index in [1.54, 1.807) is 20.3 Å². The van der Waals surface area contributed by atoms with Gasteiger partial charge in [0.2, 0.25) is 5.91 Å². The number of imidazole rings is 1. The van der Waals surface area contributed by atoms with Crippen LogP contribution >= 0.6 is 0 Å². The molecule has 1 unspecified atom stereocenters. The number of carbonyl (C=O) groups excluding carboxylic acids is 1. The van der Waals surface area contributed by atoms with Gasteiger partial charge in [0, 0.05) is 41.0 Å². The van der Waals surface area contributed by atoms with Crippen LogP contribution in [0, 0.1) is 13.8 Å². The second-order valence-corrected chi connectivity index (χ2v) is 7.84. The smallest absolute Gasteiger partial charge is 0.321 e. The second-order valence-electron chi connectivity index (χ2n) is 6.47. The first-order chi connectivity index (χ1) is 13.3. The molecule has 7 nitrogen and oxygen atoms in total. The fourth-order valence-corrected chi connectivity index (χ4v) is 4.40. The van der Waals surface area contributed by atoms with E-state index in [1.807, 2.05) is 32.0 Å². The maximum absolute atomic E-state index is 13.0. The number of aryl methyl sites for hydroxylation is 1. The number of hydrogen-bond acceptors (Lipinski definition) is 5. The van der Waals surface area contributed by atoms with E-state index in [0.29, 0.717) is 22.1 Å². The Hall–Kier alpha value is -2.71. The van der Waals surface area contributed by atoms with Crippen LogP contribution in [-0.4, -0.2) is 34.6 Å². The molecule has 1 heterocycles. The minimum absolute atomic E-state index is 0.188. The Morgan fingerprint density at radius 1 is 1.25 bits per heavy atom. The van der Waals surface area contributed by atoms with E-state index in [1.165, 1.54) is 6.92 Å². The molecule has 0 spiro atoms. The van der Waals surface area contributed by atoms with Crippen LogP contribution in [0.4, 0.5) is 5.69 Å². The number of ether oxygens (including phenoxy) is 2. The number of anilines is 1. The van der Waals surface area contributed by atoms with Crippen molar-refractivity contribution in [2.24, 2.45) is 0 Å². The summed E-state index contributed by atoms with van der Waals surface area (Å²) in [5.41, 5.74) is 4.60. The van der Waals surface area contributed by atoms with Crippen LogP contribution in [0.2, 0.25) is 0 Å². The third-order valence-electron chi connectivity index (χ3n) is 4.51. The van der Waals surface area contributed by atoms with Crippen LogP contribution in [0.25, 0.3) is 11.0 Å². The summed E-state index contributed by atoms with van der Waals surface area (Å²) in [6, 6.07) is 7.27. The monoisotopic (exact) mass is 401 g/mol. The van der Waals surface area contributed by atoms with E-state index in [-0.39, 0.29) is 11.7 Å². The van der Waals surface area contributed by atoms with Gasteiger partial charge < -0.3 is 19.3 Å². The van der Waals surface area contributed by atoms with Gasteiger partial charge in [-0.05, 0) is 37.6 Å². The van der Waals surface area contributed by atoms with Crippen LogP contribution < -0.4 is 14.8 Å². The van der Waals surface area contributed by atoms with E-state index in [2.05, 4.69) is 15.3 Å². The average molecular weight is 401 g/mol. The van der Waals surface area contributed by atoms with Crippen molar-refractivity contribution in [3.63, 3.8) is 0 Å². The maximum Gasteiger partial charge on any atom is 0.321 e. The maximum atomic E-state index is 13.0. The van der Waals surface area contributed by atoms with Gasteiger partial charge in [-0.1, -0.05) is 0 Å². The molecule has 0 aliphatic rings. The Kier molecular flexibility index (Phi) is 5.81. The lowest BCUT2D eigenvalue weighted by molar-refractivity contribution is -0.114. The lowest BCUT2D eigenvalue weighted by Gasteiger charge is -2.18. The Balaban J connectivity index is 1.98. The molecule has 0 radical (unpaired) electrons. The fourth-order valence-electron chi connectivity index (χ4n) is 3.20. The normalized spacial score (nSPS) is 12.1. The minimum atomic E-state index is -1.44. The van der Waals surface area contributed by atoms with E-state index in [0.717, 1.165) is 28.0 Å². The van der Waals surface area contributed by atoms with Gasteiger partial charge in [-0.3, -0.25) is 9.78 Å². The summed E-state index contributed by atoms with van der Waals surface area (Å²) in [6.07, 6.45) is 0. The van der Waals surface area contributed by atoms with E-state index < -0.39 is 11.2 Å². The van der Waals surface area contributed by atoms with Crippen LogP contribution in [0.3, 0.4) is 0 Å². The summed E-state index contributed by atoms with van der Waals surface area (Å²) in [7, 11) is 3.19. The Bertz CT molecular complexity index is 1030. The molecule has 0 saturated heterocycles. The van der Waals surface area contributed by atoms with Crippen molar-refractivity contribution in [2.45, 2.75) is 31.7 Å². The molecule has 0 aliphatic carbocycles. The molecule has 2 aromatic carbocycles. The highest BCUT2D eigenvalue weighted by atomic mass is 32.2. The first-order valence-electron chi connectivity index (χ1n) is 8.70. The quantitative estimate of drug-likeness (QED) is 0.616. The molecule has 1 atom stereocenters. The van der Waals surface area contributed by atoms with Gasteiger partial charge >= 0.3 is 5.16 Å². The highest BCUT2D eigenvalue weighted by molar-refractivity contribution is 7.90. The van der Waals surface area contributed by atoms with Crippen LogP contribution in [0.1, 0.15) is 23.6 Å². The molecule has 8 heteroatoms. The predicted octanol–water partition coefficient (Wildman–Crippen LogP) is 3.46. The van der Waals surface area contributed by atoms with Gasteiger partial charge in [0.05, 0.1) is 25.3 Å². The average Bonchev–Trinajstić information content (AvgIpc) is 3.07. The molecular weight excluding hydrogens is 378 g/mol. The van der Waals surface area contributed by atoms with Crippen molar-refractivity contribution >= 4 is 33.8 Å². The lowest BCUT2D eigenvalue weighted by atomic mass is 10.0. The van der Waals surface area contributed by atoms with Crippen molar-refractivity contribution in [3.05, 3.63) is 41.0 Å². The summed E-state index contributed by atoms with van der Waals surface area (Å²) < 4.78 is 23.7. The fraction of sp³-hybridized carbons (Fsp3) is 0.300. The molecule has 1 aromatic heterocycles. The van der Waals surface area contributed by atoms with Gasteiger partial charge in [0.25, 0.3) is 0 Å². The van der Waals surface area contributed by atoms with Gasteiger partial charge in [-0.15, -0.1) is 0 Å². The molecule has 28 heavy (non-hydrogen) atoms. The van der Waals surface area contributed by atoms with Crippen LogP contribution in [0.5, 0.6) is 11.5 Å². The topological polar surface area (TPSA) is 99.3 Å². The standard InChI is InChI=1S/C20H23N3O4S/c1-11-8-17(21-13(3)24)15(12(2)19(11)27-5)10-28(25)20-22-16-7-6-14(26-4)9-18(16)23-20/h6-9H,10H2,1-5H3,(H,21,24)(H,22,23). The Morgan fingerprint density at radius 3 is 2.64 bits per heavy atom. The van der Waals surface area contributed by atoms with Crippen LogP contribution in [0.15, 0.2) is 29.4 Å². The number of carbonyl (C=O) groups is 1. The first kappa shape index (κ1) is 20.0. The lowest BCUT2D eigenvalue weighted by Crippen LogP contribution is -2.14. The zero-order valence-electron chi connectivity index (χ0n) is 16.5. The Labute approximate surface area is 166 Å². The summed E-state index contributed by atoms with van der Waals surface area (Å²) in [6.45, 7) is 5.25. The number of nitrogens with one attached hydrogen (secondary N) is 2. The van der Waals surface area contributed by atoms with Crippen LogP contribution in [-0.2, 0) is 21.7 Å². The molecular formula is C20H23N3O4S. The third kappa shape index (κ3) is 3.93. The van der Waals surface area contributed by atoms with Crippen molar-refractivity contribution in [2.75, 3.05) is 19.5 Å². The first-order valence-corrected chi connectivity index (χ1v) is 10.0. The zero-order chi connectivity index (χ0) is 20.4. The number of benzene rings is 2.